The highest BCUT2D eigenvalue weighted by Gasteiger charge is 2.13. The zero-order chi connectivity index (χ0) is 12.0. The first-order valence-electron chi connectivity index (χ1n) is 4.82. The molecular weight excluding hydrogens is 230 g/mol. The van der Waals surface area contributed by atoms with Gasteiger partial charge in [0, 0.05) is 18.3 Å². The van der Waals surface area contributed by atoms with Gasteiger partial charge in [0.2, 0.25) is 0 Å². The van der Waals surface area contributed by atoms with Crippen LogP contribution in [0.2, 0.25) is 0 Å². The molecule has 1 aromatic heterocycles. The fraction of sp³-hybridized carbons (Fsp3) is 0.400. The van der Waals surface area contributed by atoms with E-state index in [1.165, 1.54) is 0 Å². The molecular formula is C10H13NO4S. The van der Waals surface area contributed by atoms with E-state index in [9.17, 15) is 13.2 Å². The average molecular weight is 243 g/mol. The number of hydrogen-bond donors (Lipinski definition) is 1. The van der Waals surface area contributed by atoms with Gasteiger partial charge in [-0.05, 0) is 12.1 Å². The fourth-order valence-electron chi connectivity index (χ4n) is 1.15. The second kappa shape index (κ2) is 5.60. The van der Waals surface area contributed by atoms with Crippen LogP contribution in [0.1, 0.15) is 12.1 Å². The van der Waals surface area contributed by atoms with Crippen molar-refractivity contribution in [2.45, 2.75) is 12.8 Å². The number of aromatic nitrogens is 1. The number of rotatable bonds is 6. The van der Waals surface area contributed by atoms with Crippen molar-refractivity contribution in [1.82, 2.24) is 4.98 Å². The molecule has 5 nitrogen and oxygen atoms in total. The van der Waals surface area contributed by atoms with Crippen LogP contribution >= 0.6 is 0 Å². The van der Waals surface area contributed by atoms with E-state index in [0.717, 1.165) is 0 Å². The van der Waals surface area contributed by atoms with E-state index in [-0.39, 0.29) is 17.9 Å². The van der Waals surface area contributed by atoms with Gasteiger partial charge in [-0.2, -0.15) is 0 Å². The molecule has 0 atom stereocenters. The van der Waals surface area contributed by atoms with E-state index < -0.39 is 15.8 Å². The standard InChI is InChI=1S/C10H13NO4S/c12-10(13)5-8-16(14,15)7-4-9-3-1-2-6-11-9/h1-3,6H,4-5,7-8H2,(H,12,13). The van der Waals surface area contributed by atoms with Crippen molar-refractivity contribution in [1.29, 1.82) is 0 Å². The maximum Gasteiger partial charge on any atom is 0.304 e. The van der Waals surface area contributed by atoms with Crippen LogP contribution in [-0.4, -0.2) is 36.0 Å². The van der Waals surface area contributed by atoms with E-state index in [1.807, 2.05) is 0 Å². The predicted molar refractivity (Wildman–Crippen MR) is 58.8 cm³/mol. The summed E-state index contributed by atoms with van der Waals surface area (Å²) in [6.45, 7) is 0. The van der Waals surface area contributed by atoms with Crippen molar-refractivity contribution in [2.75, 3.05) is 11.5 Å². The van der Waals surface area contributed by atoms with Gasteiger partial charge in [0.1, 0.15) is 0 Å². The van der Waals surface area contributed by atoms with Crippen molar-refractivity contribution < 1.29 is 18.3 Å². The zero-order valence-corrected chi connectivity index (χ0v) is 9.48. The van der Waals surface area contributed by atoms with E-state index in [4.69, 9.17) is 5.11 Å². The lowest BCUT2D eigenvalue weighted by Crippen LogP contribution is -2.16. The summed E-state index contributed by atoms with van der Waals surface area (Å²) in [6.07, 6.45) is 1.58. The highest BCUT2D eigenvalue weighted by molar-refractivity contribution is 7.91. The van der Waals surface area contributed by atoms with Gasteiger partial charge < -0.3 is 5.11 Å². The summed E-state index contributed by atoms with van der Waals surface area (Å²) in [7, 11) is -3.30. The Morgan fingerprint density at radius 3 is 2.62 bits per heavy atom. The molecule has 16 heavy (non-hydrogen) atoms. The second-order valence-electron chi connectivity index (χ2n) is 3.37. The Balaban J connectivity index is 2.45. The number of carboxylic acid groups (broad SMARTS) is 1. The van der Waals surface area contributed by atoms with Crippen LogP contribution in [0.15, 0.2) is 24.4 Å². The minimum atomic E-state index is -3.30. The molecule has 6 heteroatoms. The van der Waals surface area contributed by atoms with E-state index in [1.54, 1.807) is 24.4 Å². The summed E-state index contributed by atoms with van der Waals surface area (Å²) < 4.78 is 22.8. The Morgan fingerprint density at radius 1 is 1.31 bits per heavy atom. The highest BCUT2D eigenvalue weighted by atomic mass is 32.2. The highest BCUT2D eigenvalue weighted by Crippen LogP contribution is 2.01. The third kappa shape index (κ3) is 4.88. The number of aliphatic carboxylic acids is 1. The molecule has 0 saturated carbocycles. The largest absolute Gasteiger partial charge is 0.481 e. The normalized spacial score (nSPS) is 11.2. The summed E-state index contributed by atoms with van der Waals surface area (Å²) >= 11 is 0. The van der Waals surface area contributed by atoms with Gasteiger partial charge in [-0.3, -0.25) is 9.78 Å². The van der Waals surface area contributed by atoms with Crippen LogP contribution < -0.4 is 0 Å². The van der Waals surface area contributed by atoms with Crippen LogP contribution in [0.25, 0.3) is 0 Å². The minimum Gasteiger partial charge on any atom is -0.481 e. The molecule has 0 aromatic carbocycles. The molecule has 0 amide bonds. The van der Waals surface area contributed by atoms with Gasteiger partial charge in [-0.1, -0.05) is 6.07 Å². The molecule has 0 saturated heterocycles. The molecule has 0 radical (unpaired) electrons. The molecule has 1 rings (SSSR count). The molecule has 0 aliphatic heterocycles. The number of carbonyl (C=O) groups is 1. The SMILES string of the molecule is O=C(O)CCS(=O)(=O)CCc1ccccn1. The van der Waals surface area contributed by atoms with Crippen molar-refractivity contribution >= 4 is 15.8 Å². The van der Waals surface area contributed by atoms with Gasteiger partial charge in [0.25, 0.3) is 0 Å². The molecule has 0 aliphatic carbocycles. The number of hydrogen-bond acceptors (Lipinski definition) is 4. The Labute approximate surface area is 94.1 Å². The molecule has 0 spiro atoms. The molecule has 1 aromatic rings. The maximum absolute atomic E-state index is 11.4. The van der Waals surface area contributed by atoms with Crippen molar-refractivity contribution in [2.24, 2.45) is 0 Å². The van der Waals surface area contributed by atoms with Crippen molar-refractivity contribution in [3.05, 3.63) is 30.1 Å². The predicted octanol–water partition coefficient (Wildman–Crippen LogP) is 0.514. The van der Waals surface area contributed by atoms with Gasteiger partial charge in [-0.25, -0.2) is 8.42 Å². The van der Waals surface area contributed by atoms with Crippen LogP contribution in [0, 0.1) is 0 Å². The van der Waals surface area contributed by atoms with Gasteiger partial charge in [0.15, 0.2) is 9.84 Å². The summed E-state index contributed by atoms with van der Waals surface area (Å²) in [5, 5.41) is 8.39. The third-order valence-electron chi connectivity index (χ3n) is 2.02. The summed E-state index contributed by atoms with van der Waals surface area (Å²) in [5.41, 5.74) is 0.696. The van der Waals surface area contributed by atoms with Crippen LogP contribution in [0.4, 0.5) is 0 Å². The molecule has 0 unspecified atom stereocenters. The lowest BCUT2D eigenvalue weighted by Gasteiger charge is -2.02. The molecule has 0 aliphatic rings. The van der Waals surface area contributed by atoms with Crippen LogP contribution in [0.3, 0.4) is 0 Å². The molecule has 88 valence electrons. The first kappa shape index (κ1) is 12.6. The number of aryl methyl sites for hydroxylation is 1. The van der Waals surface area contributed by atoms with Gasteiger partial charge >= 0.3 is 5.97 Å². The zero-order valence-electron chi connectivity index (χ0n) is 8.67. The lowest BCUT2D eigenvalue weighted by molar-refractivity contribution is -0.136. The third-order valence-corrected chi connectivity index (χ3v) is 3.67. The first-order valence-corrected chi connectivity index (χ1v) is 6.64. The number of sulfone groups is 1. The molecule has 0 bridgehead atoms. The molecule has 1 N–H and O–H groups in total. The van der Waals surface area contributed by atoms with E-state index in [2.05, 4.69) is 4.98 Å². The summed E-state index contributed by atoms with van der Waals surface area (Å²) in [4.78, 5) is 14.2. The molecule has 1 heterocycles. The summed E-state index contributed by atoms with van der Waals surface area (Å²) in [5.74, 6) is -1.46. The number of pyridine rings is 1. The van der Waals surface area contributed by atoms with Crippen molar-refractivity contribution in [3.63, 3.8) is 0 Å². The Morgan fingerprint density at radius 2 is 2.06 bits per heavy atom. The Kier molecular flexibility index (Phi) is 4.42. The number of nitrogens with zero attached hydrogens (tertiary/aromatic N) is 1. The fourth-order valence-corrected chi connectivity index (χ4v) is 2.36. The monoisotopic (exact) mass is 243 g/mol. The summed E-state index contributed by atoms with van der Waals surface area (Å²) in [6, 6.07) is 5.28. The maximum atomic E-state index is 11.4. The first-order chi connectivity index (χ1) is 7.49. The Hall–Kier alpha value is -1.43. The van der Waals surface area contributed by atoms with Crippen LogP contribution in [0.5, 0.6) is 0 Å². The topological polar surface area (TPSA) is 84.3 Å². The van der Waals surface area contributed by atoms with Crippen molar-refractivity contribution in [3.8, 4) is 0 Å². The van der Waals surface area contributed by atoms with Crippen LogP contribution in [-0.2, 0) is 21.1 Å². The molecule has 0 fully saturated rings. The smallest absolute Gasteiger partial charge is 0.304 e. The van der Waals surface area contributed by atoms with E-state index in [0.29, 0.717) is 12.1 Å². The lowest BCUT2D eigenvalue weighted by atomic mass is 10.3. The quantitative estimate of drug-likeness (QED) is 0.787. The van der Waals surface area contributed by atoms with E-state index >= 15 is 0 Å². The van der Waals surface area contributed by atoms with Gasteiger partial charge in [-0.15, -0.1) is 0 Å². The second-order valence-corrected chi connectivity index (χ2v) is 5.67. The number of carboxylic acids is 1. The Bertz CT molecular complexity index is 441. The minimum absolute atomic E-state index is 0.0582. The van der Waals surface area contributed by atoms with Gasteiger partial charge in [0.05, 0.1) is 17.9 Å². The average Bonchev–Trinajstić information content (AvgIpc) is 2.26.